The quantitative estimate of drug-likeness (QED) is 0.698. The number of hydrogen-bond donors (Lipinski definition) is 2. The highest BCUT2D eigenvalue weighted by atomic mass is 16.5. The first-order valence-electron chi connectivity index (χ1n) is 7.96. The summed E-state index contributed by atoms with van der Waals surface area (Å²) in [5, 5.41) is 10.6. The molecule has 7 heteroatoms. The highest BCUT2D eigenvalue weighted by Crippen LogP contribution is 2.37. The Balaban J connectivity index is 1.86. The van der Waals surface area contributed by atoms with Gasteiger partial charge in [0.05, 0.1) is 12.1 Å². The van der Waals surface area contributed by atoms with Crippen LogP contribution in [0.25, 0.3) is 0 Å². The van der Waals surface area contributed by atoms with E-state index in [4.69, 9.17) is 4.74 Å². The van der Waals surface area contributed by atoms with Gasteiger partial charge in [-0.1, -0.05) is 48.5 Å². The summed E-state index contributed by atoms with van der Waals surface area (Å²) in [5.74, 6) is -1.10. The second kappa shape index (κ2) is 6.03. The lowest BCUT2D eigenvalue weighted by Crippen LogP contribution is -2.33. The molecule has 2 aromatic carbocycles. The number of ether oxygens (including phenoxy) is 1. The summed E-state index contributed by atoms with van der Waals surface area (Å²) in [6.45, 7) is 0.0671. The van der Waals surface area contributed by atoms with Crippen molar-refractivity contribution >= 4 is 5.97 Å². The SMILES string of the molecule is O=C1OC(c2c(O)n(Cc3ccccc3)c(=O)[nH]c2=O)c2ccccc21. The number of fused-ring (bicyclic) bond motifs is 1. The third kappa shape index (κ3) is 2.50. The lowest BCUT2D eigenvalue weighted by atomic mass is 10.0. The molecule has 0 amide bonds. The molecule has 26 heavy (non-hydrogen) atoms. The van der Waals surface area contributed by atoms with Crippen LogP contribution in [0.5, 0.6) is 5.88 Å². The zero-order valence-corrected chi connectivity index (χ0v) is 13.5. The molecule has 1 unspecified atom stereocenters. The number of nitrogens with zero attached hydrogens (tertiary/aromatic N) is 1. The molecule has 0 radical (unpaired) electrons. The summed E-state index contributed by atoms with van der Waals surface area (Å²) in [4.78, 5) is 38.8. The topological polar surface area (TPSA) is 101 Å². The number of aromatic nitrogens is 2. The Kier molecular flexibility index (Phi) is 3.69. The number of H-pyrrole nitrogens is 1. The van der Waals surface area contributed by atoms with Gasteiger partial charge in [0.25, 0.3) is 5.56 Å². The number of aromatic hydroxyl groups is 1. The van der Waals surface area contributed by atoms with E-state index < -0.39 is 29.2 Å². The summed E-state index contributed by atoms with van der Waals surface area (Å²) < 4.78 is 6.33. The van der Waals surface area contributed by atoms with E-state index in [2.05, 4.69) is 4.98 Å². The van der Waals surface area contributed by atoms with Gasteiger partial charge < -0.3 is 9.84 Å². The first-order valence-corrected chi connectivity index (χ1v) is 7.96. The molecule has 1 aliphatic heterocycles. The summed E-state index contributed by atoms with van der Waals surface area (Å²) in [6, 6.07) is 15.7. The first kappa shape index (κ1) is 15.9. The van der Waals surface area contributed by atoms with Crippen LogP contribution in [-0.2, 0) is 11.3 Å². The fraction of sp³-hybridized carbons (Fsp3) is 0.105. The summed E-state index contributed by atoms with van der Waals surface area (Å²) in [5.41, 5.74) is -0.116. The molecule has 1 aromatic heterocycles. The number of nitrogens with one attached hydrogen (secondary N) is 1. The van der Waals surface area contributed by atoms with E-state index in [0.29, 0.717) is 11.1 Å². The van der Waals surface area contributed by atoms with Crippen LogP contribution in [0.4, 0.5) is 0 Å². The third-order valence-corrected chi connectivity index (χ3v) is 4.34. The van der Waals surface area contributed by atoms with E-state index in [0.717, 1.165) is 10.1 Å². The van der Waals surface area contributed by atoms with Gasteiger partial charge in [-0.2, -0.15) is 0 Å². The van der Waals surface area contributed by atoms with Crippen molar-refractivity contribution in [2.75, 3.05) is 0 Å². The molecule has 0 saturated carbocycles. The lowest BCUT2D eigenvalue weighted by Gasteiger charge is -2.15. The second-order valence-corrected chi connectivity index (χ2v) is 5.94. The van der Waals surface area contributed by atoms with Gasteiger partial charge in [0, 0.05) is 5.56 Å². The molecule has 2 heterocycles. The Morgan fingerprint density at radius 1 is 1.00 bits per heavy atom. The van der Waals surface area contributed by atoms with Crippen LogP contribution < -0.4 is 11.2 Å². The maximum Gasteiger partial charge on any atom is 0.339 e. The van der Waals surface area contributed by atoms with Crippen molar-refractivity contribution in [3.05, 3.63) is 97.7 Å². The number of rotatable bonds is 3. The average molecular weight is 350 g/mol. The van der Waals surface area contributed by atoms with Crippen LogP contribution in [-0.4, -0.2) is 20.6 Å². The van der Waals surface area contributed by atoms with Crippen LogP contribution in [0.3, 0.4) is 0 Å². The van der Waals surface area contributed by atoms with Crippen molar-refractivity contribution in [2.24, 2.45) is 0 Å². The standard InChI is InChI=1S/C19H14N2O5/c22-16-14(15-12-8-4-5-9-13(12)18(24)26-15)17(23)21(19(25)20-16)10-11-6-2-1-3-7-11/h1-9,15,23H,10H2,(H,20,22,25). The number of aromatic amines is 1. The van der Waals surface area contributed by atoms with Gasteiger partial charge in [-0.3, -0.25) is 14.3 Å². The molecule has 2 N–H and O–H groups in total. The smallest absolute Gasteiger partial charge is 0.339 e. The van der Waals surface area contributed by atoms with Gasteiger partial charge in [0.15, 0.2) is 6.10 Å². The molecule has 0 saturated heterocycles. The number of carbonyl (C=O) groups excluding carboxylic acids is 1. The highest BCUT2D eigenvalue weighted by Gasteiger charge is 2.36. The summed E-state index contributed by atoms with van der Waals surface area (Å²) in [7, 11) is 0. The maximum absolute atomic E-state index is 12.3. The molecule has 4 rings (SSSR count). The van der Waals surface area contributed by atoms with Crippen molar-refractivity contribution < 1.29 is 14.6 Å². The Hall–Kier alpha value is -3.61. The average Bonchev–Trinajstić information content (AvgIpc) is 2.96. The Morgan fingerprint density at radius 2 is 1.69 bits per heavy atom. The van der Waals surface area contributed by atoms with E-state index in [1.54, 1.807) is 48.5 Å². The first-order chi connectivity index (χ1) is 12.6. The molecule has 1 atom stereocenters. The molecule has 0 fully saturated rings. The lowest BCUT2D eigenvalue weighted by molar-refractivity contribution is 0.0448. The number of benzene rings is 2. The molecule has 0 aliphatic carbocycles. The fourth-order valence-electron chi connectivity index (χ4n) is 3.08. The monoisotopic (exact) mass is 350 g/mol. The molecule has 1 aliphatic rings. The fourth-order valence-corrected chi connectivity index (χ4v) is 3.08. The zero-order valence-electron chi connectivity index (χ0n) is 13.5. The van der Waals surface area contributed by atoms with Crippen LogP contribution in [0.15, 0.2) is 64.2 Å². The van der Waals surface area contributed by atoms with Crippen molar-refractivity contribution in [3.8, 4) is 5.88 Å². The van der Waals surface area contributed by atoms with Crippen molar-refractivity contribution in [1.82, 2.24) is 9.55 Å². The summed E-state index contributed by atoms with van der Waals surface area (Å²) in [6.07, 6.45) is -1.06. The van der Waals surface area contributed by atoms with E-state index >= 15 is 0 Å². The van der Waals surface area contributed by atoms with Gasteiger partial charge in [-0.25, -0.2) is 9.59 Å². The number of hydrogen-bond acceptors (Lipinski definition) is 5. The van der Waals surface area contributed by atoms with E-state index in [1.807, 2.05) is 6.07 Å². The van der Waals surface area contributed by atoms with Crippen LogP contribution in [0, 0.1) is 0 Å². The Morgan fingerprint density at radius 3 is 2.46 bits per heavy atom. The van der Waals surface area contributed by atoms with Crippen molar-refractivity contribution in [1.29, 1.82) is 0 Å². The molecule has 0 bridgehead atoms. The third-order valence-electron chi connectivity index (χ3n) is 4.34. The van der Waals surface area contributed by atoms with Crippen LogP contribution >= 0.6 is 0 Å². The summed E-state index contributed by atoms with van der Waals surface area (Å²) >= 11 is 0. The Bertz CT molecular complexity index is 1110. The molecule has 130 valence electrons. The van der Waals surface area contributed by atoms with Crippen LogP contribution in [0.2, 0.25) is 0 Å². The van der Waals surface area contributed by atoms with E-state index in [9.17, 15) is 19.5 Å². The molecule has 3 aromatic rings. The largest absolute Gasteiger partial charge is 0.494 e. The number of cyclic esters (lactones) is 1. The van der Waals surface area contributed by atoms with Crippen molar-refractivity contribution in [3.63, 3.8) is 0 Å². The maximum atomic E-state index is 12.3. The minimum atomic E-state index is -1.06. The van der Waals surface area contributed by atoms with Crippen molar-refractivity contribution in [2.45, 2.75) is 12.6 Å². The van der Waals surface area contributed by atoms with Gasteiger partial charge in [0.1, 0.15) is 5.56 Å². The molecule has 7 nitrogen and oxygen atoms in total. The predicted octanol–water partition coefficient (Wildman–Crippen LogP) is 1.55. The molecule has 0 spiro atoms. The van der Waals surface area contributed by atoms with Gasteiger partial charge in [-0.05, 0) is 11.6 Å². The molecular formula is C19H14N2O5. The number of esters is 1. The van der Waals surface area contributed by atoms with Gasteiger partial charge >= 0.3 is 11.7 Å². The predicted molar refractivity (Wildman–Crippen MR) is 92.2 cm³/mol. The highest BCUT2D eigenvalue weighted by molar-refractivity contribution is 5.94. The second-order valence-electron chi connectivity index (χ2n) is 5.94. The van der Waals surface area contributed by atoms with Gasteiger partial charge in [0.2, 0.25) is 5.88 Å². The Labute approximate surface area is 147 Å². The van der Waals surface area contributed by atoms with Gasteiger partial charge in [-0.15, -0.1) is 0 Å². The normalized spacial score (nSPS) is 15.5. The zero-order chi connectivity index (χ0) is 18.3. The van der Waals surface area contributed by atoms with E-state index in [-0.39, 0.29) is 12.1 Å². The molecular weight excluding hydrogens is 336 g/mol. The van der Waals surface area contributed by atoms with Crippen LogP contribution in [0.1, 0.15) is 33.2 Å². The number of carbonyl (C=O) groups is 1. The van der Waals surface area contributed by atoms with E-state index in [1.165, 1.54) is 0 Å². The minimum Gasteiger partial charge on any atom is -0.494 e. The minimum absolute atomic E-state index is 0.0671.